The van der Waals surface area contributed by atoms with Gasteiger partial charge < -0.3 is 15.0 Å². The summed E-state index contributed by atoms with van der Waals surface area (Å²) in [5.41, 5.74) is 1.96. The molecule has 0 aromatic heterocycles. The number of anilines is 1. The lowest BCUT2D eigenvalue weighted by atomic mass is 10.1. The predicted octanol–water partition coefficient (Wildman–Crippen LogP) is 5.95. The Hall–Kier alpha value is -3.08. The molecular formula is C30H35BrClN3O5S. The van der Waals surface area contributed by atoms with E-state index >= 15 is 0 Å². The quantitative estimate of drug-likeness (QED) is 0.228. The molecule has 3 aromatic rings. The molecule has 0 spiro atoms. The van der Waals surface area contributed by atoms with Crippen LogP contribution in [-0.4, -0.2) is 51.4 Å². The van der Waals surface area contributed by atoms with E-state index in [0.29, 0.717) is 33.0 Å². The number of aryl methyl sites for hydroxylation is 1. The minimum absolute atomic E-state index is 0.0229. The molecule has 1 N–H and O–H groups in total. The summed E-state index contributed by atoms with van der Waals surface area (Å²) in [6, 6.07) is 17.4. The number of carbonyl (C=O) groups excluding carboxylic acids is 2. The Bertz CT molecular complexity index is 1470. The van der Waals surface area contributed by atoms with Gasteiger partial charge in [-0.2, -0.15) is 0 Å². The highest BCUT2D eigenvalue weighted by molar-refractivity contribution is 9.10. The largest absolute Gasteiger partial charge is 0.496 e. The maximum Gasteiger partial charge on any atom is 0.264 e. The Labute approximate surface area is 255 Å². The van der Waals surface area contributed by atoms with Crippen LogP contribution in [0.5, 0.6) is 5.75 Å². The monoisotopic (exact) mass is 663 g/mol. The molecule has 0 unspecified atom stereocenters. The van der Waals surface area contributed by atoms with Gasteiger partial charge in [0, 0.05) is 18.1 Å². The summed E-state index contributed by atoms with van der Waals surface area (Å²) in [7, 11) is -2.72. The van der Waals surface area contributed by atoms with Gasteiger partial charge in [-0.05, 0) is 84.2 Å². The molecule has 0 fully saturated rings. The minimum atomic E-state index is -4.21. The number of hydrogen-bond donors (Lipinski definition) is 1. The molecule has 8 nitrogen and oxygen atoms in total. The number of unbranched alkanes of at least 4 members (excludes halogenated alkanes) is 1. The minimum Gasteiger partial charge on any atom is -0.496 e. The number of benzene rings is 3. The van der Waals surface area contributed by atoms with Gasteiger partial charge in [0.2, 0.25) is 11.8 Å². The molecule has 0 heterocycles. The number of sulfonamides is 1. The molecule has 0 bridgehead atoms. The fourth-order valence-corrected chi connectivity index (χ4v) is 6.47. The van der Waals surface area contributed by atoms with Gasteiger partial charge in [0.25, 0.3) is 10.0 Å². The van der Waals surface area contributed by atoms with Crippen LogP contribution in [0.4, 0.5) is 5.69 Å². The summed E-state index contributed by atoms with van der Waals surface area (Å²) in [5, 5.41) is 3.36. The van der Waals surface area contributed by atoms with Gasteiger partial charge in [0.05, 0.1) is 22.2 Å². The third-order valence-electron chi connectivity index (χ3n) is 6.55. The van der Waals surface area contributed by atoms with E-state index in [-0.39, 0.29) is 17.3 Å². The lowest BCUT2D eigenvalue weighted by Crippen LogP contribution is -2.51. The fourth-order valence-electron chi connectivity index (χ4n) is 4.13. The summed E-state index contributed by atoms with van der Waals surface area (Å²) >= 11 is 9.54. The fraction of sp³-hybridized carbons (Fsp3) is 0.333. The van der Waals surface area contributed by atoms with Gasteiger partial charge in [-0.25, -0.2) is 8.42 Å². The van der Waals surface area contributed by atoms with Crippen molar-refractivity contribution in [2.75, 3.05) is 24.5 Å². The van der Waals surface area contributed by atoms with Crippen LogP contribution < -0.4 is 14.4 Å². The highest BCUT2D eigenvalue weighted by Crippen LogP contribution is 2.31. The average molecular weight is 665 g/mol. The van der Waals surface area contributed by atoms with E-state index < -0.39 is 28.5 Å². The first kappa shape index (κ1) is 32.4. The van der Waals surface area contributed by atoms with Crippen molar-refractivity contribution >= 4 is 55.1 Å². The second-order valence-corrected chi connectivity index (χ2v) is 12.8. The standard InChI is InChI=1S/C30H35BrClN3O5S/c1-5-6-16-33-30(37)22(3)34(19-23-8-7-9-24(32)17-23)29(36)20-35(25-12-10-21(2)11-13-25)41(38,39)26-14-15-28(40-4)27(31)18-26/h7-15,17-18,22H,5-6,16,19-20H2,1-4H3,(H,33,37)/t22-/m0/s1. The number of nitrogens with one attached hydrogen (secondary N) is 1. The smallest absolute Gasteiger partial charge is 0.264 e. The van der Waals surface area contributed by atoms with E-state index in [4.69, 9.17) is 16.3 Å². The topological polar surface area (TPSA) is 96.0 Å². The number of nitrogens with zero attached hydrogens (tertiary/aromatic N) is 2. The lowest BCUT2D eigenvalue weighted by molar-refractivity contribution is -0.139. The Morgan fingerprint density at radius 1 is 1.07 bits per heavy atom. The highest BCUT2D eigenvalue weighted by Gasteiger charge is 2.32. The summed E-state index contributed by atoms with van der Waals surface area (Å²) in [5.74, 6) is -0.393. The molecule has 0 saturated heterocycles. The molecular weight excluding hydrogens is 630 g/mol. The van der Waals surface area contributed by atoms with Crippen molar-refractivity contribution in [2.24, 2.45) is 0 Å². The zero-order chi connectivity index (χ0) is 30.2. The normalized spacial score (nSPS) is 12.0. The van der Waals surface area contributed by atoms with Crippen LogP contribution in [0.1, 0.15) is 37.8 Å². The molecule has 220 valence electrons. The molecule has 0 aliphatic heterocycles. The van der Waals surface area contributed by atoms with Gasteiger partial charge in [-0.1, -0.05) is 54.8 Å². The van der Waals surface area contributed by atoms with Crippen molar-refractivity contribution in [3.63, 3.8) is 0 Å². The van der Waals surface area contributed by atoms with Gasteiger partial charge >= 0.3 is 0 Å². The third kappa shape index (κ3) is 8.47. The molecule has 3 rings (SSSR count). The lowest BCUT2D eigenvalue weighted by Gasteiger charge is -2.32. The molecule has 2 amide bonds. The number of hydrogen-bond acceptors (Lipinski definition) is 5. The number of ether oxygens (including phenoxy) is 1. The van der Waals surface area contributed by atoms with Crippen LogP contribution in [-0.2, 0) is 26.2 Å². The second kappa shape index (κ2) is 14.7. The summed E-state index contributed by atoms with van der Waals surface area (Å²) < 4.78 is 34.8. The average Bonchev–Trinajstić information content (AvgIpc) is 2.94. The second-order valence-electron chi connectivity index (χ2n) is 9.62. The van der Waals surface area contributed by atoms with Crippen molar-refractivity contribution in [1.29, 1.82) is 0 Å². The highest BCUT2D eigenvalue weighted by atomic mass is 79.9. The van der Waals surface area contributed by atoms with Crippen molar-refractivity contribution in [3.8, 4) is 5.75 Å². The molecule has 41 heavy (non-hydrogen) atoms. The number of rotatable bonds is 13. The molecule has 0 aliphatic carbocycles. The van der Waals surface area contributed by atoms with E-state index in [2.05, 4.69) is 21.2 Å². The molecule has 0 aliphatic rings. The number of halogens is 2. The van der Waals surface area contributed by atoms with Crippen molar-refractivity contribution in [2.45, 2.75) is 51.1 Å². The van der Waals surface area contributed by atoms with Crippen molar-refractivity contribution in [1.82, 2.24) is 10.2 Å². The molecule has 0 radical (unpaired) electrons. The summed E-state index contributed by atoms with van der Waals surface area (Å²) in [6.07, 6.45) is 1.71. The van der Waals surface area contributed by atoms with E-state index in [9.17, 15) is 18.0 Å². The van der Waals surface area contributed by atoms with Gasteiger partial charge in [0.1, 0.15) is 18.3 Å². The van der Waals surface area contributed by atoms with Crippen molar-refractivity contribution in [3.05, 3.63) is 87.4 Å². The van der Waals surface area contributed by atoms with Gasteiger partial charge in [0.15, 0.2) is 0 Å². The Kier molecular flexibility index (Phi) is 11.6. The first-order valence-electron chi connectivity index (χ1n) is 13.2. The first-order chi connectivity index (χ1) is 19.5. The van der Waals surface area contributed by atoms with Crippen LogP contribution >= 0.6 is 27.5 Å². The van der Waals surface area contributed by atoms with E-state index in [1.54, 1.807) is 61.5 Å². The predicted molar refractivity (Wildman–Crippen MR) is 166 cm³/mol. The first-order valence-corrected chi connectivity index (χ1v) is 15.8. The SMILES string of the molecule is CCCCNC(=O)[C@H](C)N(Cc1cccc(Cl)c1)C(=O)CN(c1ccc(C)cc1)S(=O)(=O)c1ccc(OC)c(Br)c1. The van der Waals surface area contributed by atoms with Crippen LogP contribution in [0.2, 0.25) is 5.02 Å². The number of amides is 2. The van der Waals surface area contributed by atoms with Crippen LogP contribution in [0.15, 0.2) is 76.1 Å². The zero-order valence-corrected chi connectivity index (χ0v) is 26.7. The maximum atomic E-state index is 14.0. The van der Waals surface area contributed by atoms with Crippen LogP contribution in [0, 0.1) is 6.92 Å². The Morgan fingerprint density at radius 3 is 2.39 bits per heavy atom. The van der Waals surface area contributed by atoms with E-state index in [1.165, 1.54) is 24.1 Å². The van der Waals surface area contributed by atoms with Crippen molar-refractivity contribution < 1.29 is 22.7 Å². The van der Waals surface area contributed by atoms with Crippen LogP contribution in [0.3, 0.4) is 0 Å². The molecule has 0 saturated carbocycles. The summed E-state index contributed by atoms with van der Waals surface area (Å²) in [6.45, 7) is 5.57. The maximum absolute atomic E-state index is 14.0. The summed E-state index contributed by atoms with van der Waals surface area (Å²) in [4.78, 5) is 28.4. The van der Waals surface area contributed by atoms with Gasteiger partial charge in [-0.15, -0.1) is 0 Å². The van der Waals surface area contributed by atoms with Crippen LogP contribution in [0.25, 0.3) is 0 Å². The van der Waals surface area contributed by atoms with E-state index in [1.807, 2.05) is 13.8 Å². The molecule has 1 atom stereocenters. The Morgan fingerprint density at radius 2 is 1.78 bits per heavy atom. The van der Waals surface area contributed by atoms with Gasteiger partial charge in [-0.3, -0.25) is 13.9 Å². The zero-order valence-electron chi connectivity index (χ0n) is 23.6. The Balaban J connectivity index is 2.02. The molecule has 11 heteroatoms. The number of methoxy groups -OCH3 is 1. The number of carbonyl (C=O) groups is 2. The third-order valence-corrected chi connectivity index (χ3v) is 9.18. The van der Waals surface area contributed by atoms with E-state index in [0.717, 1.165) is 22.7 Å². The molecule has 3 aromatic carbocycles.